The molecule has 0 bridgehead atoms. The van der Waals surface area contributed by atoms with Gasteiger partial charge in [-0.3, -0.25) is 4.79 Å². The Bertz CT molecular complexity index is 386. The van der Waals surface area contributed by atoms with E-state index in [-0.39, 0.29) is 0 Å². The van der Waals surface area contributed by atoms with Crippen molar-refractivity contribution in [3.05, 3.63) is 0 Å². The molecule has 0 radical (unpaired) electrons. The smallest absolute Gasteiger partial charge is 0.303 e. The zero-order valence-electron chi connectivity index (χ0n) is 20.6. The first-order valence-corrected chi connectivity index (χ1v) is 18.2. The molecular weight excluding hydrogens is 443 g/mol. The van der Waals surface area contributed by atoms with Crippen LogP contribution < -0.4 is 0 Å². The van der Waals surface area contributed by atoms with E-state index in [1.165, 1.54) is 128 Å². The van der Waals surface area contributed by atoms with Crippen molar-refractivity contribution < 1.29 is 9.90 Å². The summed E-state index contributed by atoms with van der Waals surface area (Å²) in [5.74, 6) is -0.655. The molecule has 0 rings (SSSR count). The largest absolute Gasteiger partial charge is 0.481 e. The van der Waals surface area contributed by atoms with Crippen LogP contribution in [0.2, 0.25) is 12.6 Å². The van der Waals surface area contributed by atoms with Gasteiger partial charge in [-0.25, -0.2) is 0 Å². The summed E-state index contributed by atoms with van der Waals surface area (Å²) in [5.41, 5.74) is 0. The van der Waals surface area contributed by atoms with Gasteiger partial charge >= 0.3 is 5.97 Å². The first-order chi connectivity index (χ1) is 14.9. The minimum Gasteiger partial charge on any atom is -0.481 e. The molecule has 0 fully saturated rings. The highest BCUT2D eigenvalue weighted by molar-refractivity contribution is 7.44. The summed E-state index contributed by atoms with van der Waals surface area (Å²) in [6.45, 7) is 0.179. The second kappa shape index (κ2) is 23.4. The van der Waals surface area contributed by atoms with Gasteiger partial charge < -0.3 is 5.11 Å². The highest BCUT2D eigenvalue weighted by atomic mass is 35.7. The molecule has 0 unspecified atom stereocenters. The number of halogens is 2. The summed E-state index contributed by atoms with van der Waals surface area (Å²) in [4.78, 5) is 10.4. The van der Waals surface area contributed by atoms with E-state index in [4.69, 9.17) is 27.3 Å². The van der Waals surface area contributed by atoms with Crippen molar-refractivity contribution in [3.8, 4) is 0 Å². The van der Waals surface area contributed by atoms with E-state index in [9.17, 15) is 4.79 Å². The Kier molecular flexibility index (Phi) is 23.6. The van der Waals surface area contributed by atoms with Gasteiger partial charge in [0.25, 0.3) is 0 Å². The average molecular weight is 496 g/mol. The fourth-order valence-corrected chi connectivity index (χ4v) is 5.92. The molecule has 31 heavy (non-hydrogen) atoms. The highest BCUT2D eigenvalue weighted by Crippen LogP contribution is 2.23. The quantitative estimate of drug-likeness (QED) is 0.0777. The standard InChI is InChI=1S/C26H52Cl2O2Si/c1-31(27,28)25-23-21-19-17-15-13-11-9-7-5-3-2-4-6-8-10-12-14-16-18-20-22-24-26(29)30/h2-25H2,1H3,(H,29,30). The van der Waals surface area contributed by atoms with Crippen LogP contribution in [-0.4, -0.2) is 17.8 Å². The molecule has 0 saturated carbocycles. The lowest BCUT2D eigenvalue weighted by molar-refractivity contribution is -0.137. The topological polar surface area (TPSA) is 37.3 Å². The van der Waals surface area contributed by atoms with E-state index in [1.807, 2.05) is 6.55 Å². The number of hydrogen-bond donors (Lipinski definition) is 1. The molecule has 0 aromatic rings. The molecule has 0 aliphatic rings. The van der Waals surface area contributed by atoms with Crippen LogP contribution in [0.25, 0.3) is 0 Å². The molecule has 1 N–H and O–H groups in total. The molecule has 0 heterocycles. The molecule has 0 aliphatic heterocycles. The summed E-state index contributed by atoms with van der Waals surface area (Å²) < 4.78 is 0. The molecule has 0 atom stereocenters. The zero-order chi connectivity index (χ0) is 23.0. The Balaban J connectivity index is 3.04. The molecule has 0 saturated heterocycles. The van der Waals surface area contributed by atoms with E-state index < -0.39 is 12.7 Å². The fourth-order valence-electron chi connectivity index (χ4n) is 4.25. The van der Waals surface area contributed by atoms with Gasteiger partial charge in [0.15, 0.2) is 0 Å². The minimum absolute atomic E-state index is 0.340. The Morgan fingerprint density at radius 2 is 0.742 bits per heavy atom. The van der Waals surface area contributed by atoms with E-state index in [0.29, 0.717) is 6.42 Å². The SMILES string of the molecule is C[Si](Cl)(Cl)CCCCCCCCCCCCCCCCCCCCCCCCC(=O)O. The lowest BCUT2D eigenvalue weighted by atomic mass is 10.0. The maximum absolute atomic E-state index is 10.4. The maximum atomic E-state index is 10.4. The molecule has 2 nitrogen and oxygen atoms in total. The van der Waals surface area contributed by atoms with Crippen molar-refractivity contribution >= 4 is 34.8 Å². The summed E-state index contributed by atoms with van der Waals surface area (Å²) in [7, 11) is 0. The van der Waals surface area contributed by atoms with Crippen LogP contribution >= 0.6 is 22.2 Å². The third-order valence-corrected chi connectivity index (χ3v) is 8.62. The van der Waals surface area contributed by atoms with Crippen LogP contribution in [0, 0.1) is 0 Å². The van der Waals surface area contributed by atoms with E-state index in [1.54, 1.807) is 0 Å². The van der Waals surface area contributed by atoms with Gasteiger partial charge in [0, 0.05) is 6.42 Å². The number of aliphatic carboxylic acids is 1. The number of carboxylic acids is 1. The van der Waals surface area contributed by atoms with Gasteiger partial charge in [-0.05, 0) is 19.0 Å². The Morgan fingerprint density at radius 3 is 0.968 bits per heavy atom. The van der Waals surface area contributed by atoms with E-state index >= 15 is 0 Å². The molecule has 0 amide bonds. The molecular formula is C26H52Cl2O2Si. The Morgan fingerprint density at radius 1 is 0.516 bits per heavy atom. The molecule has 0 spiro atoms. The summed E-state index contributed by atoms with van der Waals surface area (Å²) in [6, 6.07) is 1.05. The van der Waals surface area contributed by atoms with Gasteiger partial charge in [0.05, 0.1) is 0 Å². The van der Waals surface area contributed by atoms with Crippen molar-refractivity contribution in [3.63, 3.8) is 0 Å². The number of carboxylic acid groups (broad SMARTS) is 1. The van der Waals surface area contributed by atoms with Crippen LogP contribution in [0.5, 0.6) is 0 Å². The van der Waals surface area contributed by atoms with Crippen LogP contribution in [-0.2, 0) is 4.79 Å². The molecule has 0 aromatic carbocycles. The van der Waals surface area contributed by atoms with Gasteiger partial charge in [0.1, 0.15) is 0 Å². The number of unbranched alkanes of at least 4 members (excludes halogenated alkanes) is 21. The Labute approximate surface area is 204 Å². The third kappa shape index (κ3) is 30.3. The lowest BCUT2D eigenvalue weighted by Gasteiger charge is -2.09. The summed E-state index contributed by atoms with van der Waals surface area (Å²) in [5, 5.41) is 8.60. The summed E-state index contributed by atoms with van der Waals surface area (Å²) >= 11 is 12.3. The second-order valence-electron chi connectivity index (χ2n) is 9.74. The molecule has 186 valence electrons. The van der Waals surface area contributed by atoms with Gasteiger partial charge in [-0.15, -0.1) is 22.2 Å². The zero-order valence-corrected chi connectivity index (χ0v) is 23.1. The predicted octanol–water partition coefficient (Wildman–Crippen LogP) is 10.6. The minimum atomic E-state index is -1.85. The second-order valence-corrected chi connectivity index (χ2v) is 18.0. The van der Waals surface area contributed by atoms with Crippen molar-refractivity contribution in [2.24, 2.45) is 0 Å². The van der Waals surface area contributed by atoms with Gasteiger partial charge in [0.2, 0.25) is 6.69 Å². The lowest BCUT2D eigenvalue weighted by Crippen LogP contribution is -2.11. The van der Waals surface area contributed by atoms with Crippen molar-refractivity contribution in [2.45, 2.75) is 160 Å². The number of rotatable bonds is 25. The van der Waals surface area contributed by atoms with E-state index in [2.05, 4.69) is 0 Å². The number of carbonyl (C=O) groups is 1. The monoisotopic (exact) mass is 494 g/mol. The van der Waals surface area contributed by atoms with Crippen LogP contribution in [0.4, 0.5) is 0 Å². The fraction of sp³-hybridized carbons (Fsp3) is 0.962. The summed E-state index contributed by atoms with van der Waals surface area (Å²) in [6.07, 6.45) is 29.7. The van der Waals surface area contributed by atoms with Crippen molar-refractivity contribution in [1.29, 1.82) is 0 Å². The normalized spacial score (nSPS) is 11.8. The van der Waals surface area contributed by atoms with E-state index in [0.717, 1.165) is 18.9 Å². The van der Waals surface area contributed by atoms with Gasteiger partial charge in [-0.1, -0.05) is 135 Å². The predicted molar refractivity (Wildman–Crippen MR) is 142 cm³/mol. The van der Waals surface area contributed by atoms with Gasteiger partial charge in [-0.2, -0.15) is 0 Å². The molecule has 0 aromatic heterocycles. The first kappa shape index (κ1) is 31.3. The van der Waals surface area contributed by atoms with Crippen LogP contribution in [0.3, 0.4) is 0 Å². The average Bonchev–Trinajstić information content (AvgIpc) is 2.70. The maximum Gasteiger partial charge on any atom is 0.303 e. The van der Waals surface area contributed by atoms with Crippen molar-refractivity contribution in [1.82, 2.24) is 0 Å². The molecule has 0 aliphatic carbocycles. The number of hydrogen-bond acceptors (Lipinski definition) is 1. The van der Waals surface area contributed by atoms with Crippen LogP contribution in [0.15, 0.2) is 0 Å². The van der Waals surface area contributed by atoms with Crippen LogP contribution in [0.1, 0.15) is 148 Å². The highest BCUT2D eigenvalue weighted by Gasteiger charge is 2.19. The van der Waals surface area contributed by atoms with Crippen molar-refractivity contribution in [2.75, 3.05) is 0 Å². The third-order valence-electron chi connectivity index (χ3n) is 6.26. The molecule has 5 heteroatoms. The Hall–Kier alpha value is 0.267. The first-order valence-electron chi connectivity index (χ1n) is 13.5.